The van der Waals surface area contributed by atoms with E-state index in [1.54, 1.807) is 32.9 Å². The van der Waals surface area contributed by atoms with E-state index in [0.717, 1.165) is 6.20 Å². The average molecular weight is 618 g/mol. The molecule has 1 unspecified atom stereocenters. The number of carbonyl (C=O) groups is 2. The molecule has 0 saturated heterocycles. The quantitative estimate of drug-likeness (QED) is 0.396. The largest absolute Gasteiger partial charge is 0.493 e. The second-order valence-electron chi connectivity index (χ2n) is 11.0. The highest BCUT2D eigenvalue weighted by Crippen LogP contribution is 2.34. The number of hydrogen-bond acceptors (Lipinski definition) is 9. The van der Waals surface area contributed by atoms with Crippen molar-refractivity contribution >= 4 is 33.4 Å². The van der Waals surface area contributed by atoms with Crippen LogP contribution in [0.15, 0.2) is 47.0 Å². The molecule has 11 nitrogen and oxygen atoms in total. The lowest BCUT2D eigenvalue weighted by Crippen LogP contribution is -2.41. The third-order valence-electron chi connectivity index (χ3n) is 5.82. The van der Waals surface area contributed by atoms with Crippen molar-refractivity contribution in [3.05, 3.63) is 59.8 Å². The Bertz CT molecular complexity index is 1650. The van der Waals surface area contributed by atoms with Gasteiger partial charge in [0.25, 0.3) is 5.91 Å². The number of pyridine rings is 2. The molecular formula is C29H33F2N5O6S. The smallest absolute Gasteiger partial charge is 0.408 e. The molecule has 0 fully saturated rings. The van der Waals surface area contributed by atoms with Crippen LogP contribution in [-0.2, 0) is 25.0 Å². The Morgan fingerprint density at radius 3 is 2.60 bits per heavy atom. The van der Waals surface area contributed by atoms with Gasteiger partial charge in [0.15, 0.2) is 0 Å². The van der Waals surface area contributed by atoms with E-state index in [9.17, 15) is 22.6 Å². The van der Waals surface area contributed by atoms with Crippen LogP contribution >= 0.6 is 0 Å². The van der Waals surface area contributed by atoms with Crippen molar-refractivity contribution in [1.82, 2.24) is 15.3 Å². The molecule has 4 bridgehead atoms. The Kier molecular flexibility index (Phi) is 9.48. The molecule has 2 amide bonds. The first kappa shape index (κ1) is 31.6. The van der Waals surface area contributed by atoms with Crippen molar-refractivity contribution < 1.29 is 36.8 Å². The number of amides is 2. The normalized spacial score (nSPS) is 15.1. The lowest BCUT2D eigenvalue weighted by molar-refractivity contribution is -0.119. The summed E-state index contributed by atoms with van der Waals surface area (Å²) < 4.78 is 62.8. The summed E-state index contributed by atoms with van der Waals surface area (Å²) in [6, 6.07) is 7.36. The molecule has 43 heavy (non-hydrogen) atoms. The molecule has 0 aliphatic carbocycles. The van der Waals surface area contributed by atoms with E-state index in [-0.39, 0.29) is 47.8 Å². The Labute approximate surface area is 248 Å². The van der Waals surface area contributed by atoms with Crippen molar-refractivity contribution in [2.45, 2.75) is 51.5 Å². The molecule has 2 N–H and O–H groups in total. The van der Waals surface area contributed by atoms with Gasteiger partial charge in [-0.05, 0) is 57.5 Å². The maximum atomic E-state index is 14.9. The molecule has 1 aliphatic heterocycles. The van der Waals surface area contributed by atoms with E-state index in [2.05, 4.69) is 25.0 Å². The summed E-state index contributed by atoms with van der Waals surface area (Å²) in [7, 11) is -3.12. The number of benzene rings is 1. The van der Waals surface area contributed by atoms with Gasteiger partial charge in [0.2, 0.25) is 5.88 Å². The lowest BCUT2D eigenvalue weighted by atomic mass is 10.0. The van der Waals surface area contributed by atoms with Crippen molar-refractivity contribution in [3.63, 3.8) is 0 Å². The molecule has 0 saturated carbocycles. The van der Waals surface area contributed by atoms with Gasteiger partial charge >= 0.3 is 6.09 Å². The molecule has 3 heterocycles. The number of alkyl carbamates (subject to hydrolysis) is 1. The van der Waals surface area contributed by atoms with E-state index in [0.29, 0.717) is 17.5 Å². The predicted molar refractivity (Wildman–Crippen MR) is 157 cm³/mol. The Balaban J connectivity index is 1.61. The standard InChI is InChI=1S/C29H33F2N5O6S/c1-17(33-28(38)42-29(2,3)4)27(37)36-43(5,39)16-18-11-25-34-24-14-21(22(31)15-32-24)20-8-7-19(30)13-23(20)40-9-6-10-41-26(12-18)35-25/h7-8,11-15,17H,6,9-10,16H2,1-5H3,(H,33,38)(H,32,34,35)/t17-,43?/m0/s1. The summed E-state index contributed by atoms with van der Waals surface area (Å²) in [5.41, 5.74) is 0.210. The van der Waals surface area contributed by atoms with Crippen LogP contribution in [0.3, 0.4) is 0 Å². The molecule has 2 aromatic heterocycles. The van der Waals surface area contributed by atoms with Crippen LogP contribution in [0.4, 0.5) is 25.2 Å². The zero-order chi connectivity index (χ0) is 31.4. The summed E-state index contributed by atoms with van der Waals surface area (Å²) in [4.78, 5) is 33.2. The first-order valence-electron chi connectivity index (χ1n) is 13.4. The molecule has 230 valence electrons. The van der Waals surface area contributed by atoms with E-state index in [4.69, 9.17) is 14.2 Å². The molecule has 1 aliphatic rings. The molecule has 1 aromatic carbocycles. The maximum absolute atomic E-state index is 14.9. The summed E-state index contributed by atoms with van der Waals surface area (Å²) in [5.74, 6) is -1.23. The van der Waals surface area contributed by atoms with Crippen LogP contribution < -0.4 is 20.1 Å². The molecule has 3 aromatic rings. The molecule has 4 rings (SSSR count). The Morgan fingerprint density at radius 1 is 1.12 bits per heavy atom. The van der Waals surface area contributed by atoms with Gasteiger partial charge in [-0.1, -0.05) is 0 Å². The van der Waals surface area contributed by atoms with Gasteiger partial charge in [-0.2, -0.15) is 9.35 Å². The highest BCUT2D eigenvalue weighted by molar-refractivity contribution is 7.92. The Hall–Kier alpha value is -4.33. The van der Waals surface area contributed by atoms with Crippen LogP contribution in [0.5, 0.6) is 11.6 Å². The van der Waals surface area contributed by atoms with Gasteiger partial charge in [0.1, 0.15) is 40.7 Å². The minimum atomic E-state index is -3.12. The van der Waals surface area contributed by atoms with Crippen LogP contribution in [-0.4, -0.2) is 57.3 Å². The highest BCUT2D eigenvalue weighted by Gasteiger charge is 2.22. The minimum absolute atomic E-state index is 0.139. The van der Waals surface area contributed by atoms with Crippen molar-refractivity contribution in [2.75, 3.05) is 24.8 Å². The number of aromatic nitrogens is 2. The average Bonchev–Trinajstić information content (AvgIpc) is 2.87. The fourth-order valence-corrected chi connectivity index (χ4v) is 5.43. The monoisotopic (exact) mass is 617 g/mol. The van der Waals surface area contributed by atoms with Gasteiger partial charge in [-0.25, -0.2) is 22.8 Å². The van der Waals surface area contributed by atoms with E-state index >= 15 is 0 Å². The summed E-state index contributed by atoms with van der Waals surface area (Å²) >= 11 is 0. The number of nitrogens with zero attached hydrogens (tertiary/aromatic N) is 3. The first-order chi connectivity index (χ1) is 20.2. The lowest BCUT2D eigenvalue weighted by Gasteiger charge is -2.21. The summed E-state index contributed by atoms with van der Waals surface area (Å²) in [6.07, 6.45) is 1.95. The van der Waals surface area contributed by atoms with Crippen LogP contribution in [0, 0.1) is 11.6 Å². The molecule has 0 spiro atoms. The minimum Gasteiger partial charge on any atom is -0.493 e. The fraction of sp³-hybridized carbons (Fsp3) is 0.379. The number of nitrogens with one attached hydrogen (secondary N) is 2. The van der Waals surface area contributed by atoms with Crippen molar-refractivity contribution in [1.29, 1.82) is 0 Å². The zero-order valence-electron chi connectivity index (χ0n) is 24.4. The third-order valence-corrected chi connectivity index (χ3v) is 7.26. The first-order valence-corrected chi connectivity index (χ1v) is 15.5. The predicted octanol–water partition coefficient (Wildman–Crippen LogP) is 5.36. The zero-order valence-corrected chi connectivity index (χ0v) is 25.2. The SMILES string of the molecule is C[C@H](NC(=O)OC(C)(C)C)C(=O)N=S(C)(=O)Cc1cc2nc(c1)OCCCOc1cc(F)ccc1-c1cc(ncc1F)N2. The second kappa shape index (κ2) is 12.9. The van der Waals surface area contributed by atoms with Gasteiger partial charge in [0, 0.05) is 35.9 Å². The topological polar surface area (TPSA) is 141 Å². The van der Waals surface area contributed by atoms with E-state index in [1.807, 2.05) is 0 Å². The summed E-state index contributed by atoms with van der Waals surface area (Å²) in [5, 5.41) is 5.39. The Morgan fingerprint density at radius 2 is 1.86 bits per heavy atom. The highest BCUT2D eigenvalue weighted by atomic mass is 32.2. The van der Waals surface area contributed by atoms with Crippen LogP contribution in [0.1, 0.15) is 39.7 Å². The number of carbonyl (C=O) groups excluding carboxylic acids is 2. The van der Waals surface area contributed by atoms with E-state index < -0.39 is 45.0 Å². The molecule has 14 heteroatoms. The number of fused-ring (bicyclic) bond motifs is 6. The molecule has 0 radical (unpaired) electrons. The van der Waals surface area contributed by atoms with E-state index in [1.165, 1.54) is 37.4 Å². The van der Waals surface area contributed by atoms with Gasteiger partial charge in [0.05, 0.1) is 34.9 Å². The van der Waals surface area contributed by atoms with Gasteiger partial charge < -0.3 is 24.8 Å². The number of hydrogen-bond donors (Lipinski definition) is 2. The maximum Gasteiger partial charge on any atom is 0.408 e. The fourth-order valence-electron chi connectivity index (χ4n) is 4.04. The third kappa shape index (κ3) is 9.08. The molecule has 2 atom stereocenters. The number of rotatable bonds is 4. The number of ether oxygens (including phenoxy) is 3. The van der Waals surface area contributed by atoms with Crippen molar-refractivity contribution in [2.24, 2.45) is 4.36 Å². The number of anilines is 2. The van der Waals surface area contributed by atoms with Crippen LogP contribution in [0.25, 0.3) is 11.1 Å². The summed E-state index contributed by atoms with van der Waals surface area (Å²) in [6.45, 7) is 6.81. The van der Waals surface area contributed by atoms with Gasteiger partial charge in [-0.3, -0.25) is 4.79 Å². The van der Waals surface area contributed by atoms with Crippen LogP contribution in [0.2, 0.25) is 0 Å². The molecular weight excluding hydrogens is 584 g/mol. The van der Waals surface area contributed by atoms with Gasteiger partial charge in [-0.15, -0.1) is 0 Å². The second-order valence-corrected chi connectivity index (χ2v) is 13.4. The number of halogens is 2. The van der Waals surface area contributed by atoms with Crippen molar-refractivity contribution in [3.8, 4) is 22.8 Å².